The molecule has 4 nitrogen and oxygen atoms in total. The second-order valence-corrected chi connectivity index (χ2v) is 14.8. The van der Waals surface area contributed by atoms with Gasteiger partial charge in [-0.05, 0) is 36.4 Å². The number of nitrogens with zero attached hydrogens (tertiary/aromatic N) is 4. The number of aromatic nitrogens is 2. The Morgan fingerprint density at radius 1 is 0.440 bits per heavy atom. The molecular weight excluding hydrogens is 649 g/mol. The van der Waals surface area contributed by atoms with Gasteiger partial charge in [0.2, 0.25) is 0 Å². The van der Waals surface area contributed by atoms with Crippen LogP contribution in [0.2, 0.25) is 0 Å². The van der Waals surface area contributed by atoms with Crippen molar-refractivity contribution in [3.05, 3.63) is 145 Å². The fourth-order valence-electron chi connectivity index (χ4n) is 8.12. The minimum Gasteiger partial charge on any atom is -0.306 e. The highest BCUT2D eigenvalue weighted by atomic mass is 32.1. The van der Waals surface area contributed by atoms with Gasteiger partial charge in [0, 0.05) is 52.5 Å². The van der Waals surface area contributed by atoms with E-state index in [2.05, 4.69) is 143 Å². The minimum absolute atomic E-state index is 0.447. The van der Waals surface area contributed by atoms with Crippen molar-refractivity contribution in [3.63, 3.8) is 0 Å². The molecule has 50 heavy (non-hydrogen) atoms. The maximum Gasteiger partial charge on any atom is 0.101 e. The number of para-hydroxylation sites is 2. The molecule has 0 spiro atoms. The van der Waals surface area contributed by atoms with Gasteiger partial charge in [0.1, 0.15) is 6.07 Å². The highest BCUT2D eigenvalue weighted by molar-refractivity contribution is 7.27. The Hall–Kier alpha value is -6.44. The van der Waals surface area contributed by atoms with E-state index in [0.29, 0.717) is 11.1 Å². The van der Waals surface area contributed by atoms with Gasteiger partial charge >= 0.3 is 0 Å². The van der Waals surface area contributed by atoms with Crippen molar-refractivity contribution < 1.29 is 0 Å². The topological polar surface area (TPSA) is 57.4 Å². The number of fused-ring (bicyclic) bond motifs is 14. The quantitative estimate of drug-likeness (QED) is 0.184. The van der Waals surface area contributed by atoms with Crippen molar-refractivity contribution in [1.82, 2.24) is 9.13 Å². The molecule has 0 N–H and O–H groups in total. The molecule has 0 aliphatic carbocycles. The zero-order valence-corrected chi connectivity index (χ0v) is 27.9. The second kappa shape index (κ2) is 10.0. The SMILES string of the molecule is N#Cc1cc(C#N)c(-n2c3ccccc3c3ccc4c5ccccc5sc4c32)c(-n2c3ccccc3c3ccc4c5ccccc5sc4c32)c1. The van der Waals surface area contributed by atoms with Gasteiger partial charge in [0.25, 0.3) is 0 Å². The predicted octanol–water partition coefficient (Wildman–Crippen LogP) is 12.4. The van der Waals surface area contributed by atoms with Gasteiger partial charge in [-0.1, -0.05) is 97.1 Å². The van der Waals surface area contributed by atoms with Crippen molar-refractivity contribution in [3.8, 4) is 23.5 Å². The molecule has 4 heterocycles. The Morgan fingerprint density at radius 3 is 1.48 bits per heavy atom. The van der Waals surface area contributed by atoms with Gasteiger partial charge in [-0.15, -0.1) is 22.7 Å². The lowest BCUT2D eigenvalue weighted by Crippen LogP contribution is -2.07. The summed E-state index contributed by atoms with van der Waals surface area (Å²) in [4.78, 5) is 0. The summed E-state index contributed by atoms with van der Waals surface area (Å²) in [5, 5.41) is 30.7. The molecule has 6 heteroatoms. The molecule has 0 saturated carbocycles. The van der Waals surface area contributed by atoms with Crippen molar-refractivity contribution in [2.24, 2.45) is 0 Å². The van der Waals surface area contributed by atoms with Crippen LogP contribution in [0.3, 0.4) is 0 Å². The minimum atomic E-state index is 0.447. The van der Waals surface area contributed by atoms with E-state index >= 15 is 0 Å². The summed E-state index contributed by atoms with van der Waals surface area (Å²) in [6, 6.07) is 51.6. The second-order valence-electron chi connectivity index (χ2n) is 12.7. The Balaban J connectivity index is 1.40. The Bertz CT molecular complexity index is 3360. The molecule has 4 aromatic heterocycles. The Morgan fingerprint density at radius 2 is 0.920 bits per heavy atom. The highest BCUT2D eigenvalue weighted by Gasteiger charge is 2.26. The van der Waals surface area contributed by atoms with Crippen LogP contribution in [-0.4, -0.2) is 9.13 Å². The molecule has 0 fully saturated rings. The molecule has 0 amide bonds. The molecule has 0 saturated heterocycles. The van der Waals surface area contributed by atoms with Crippen molar-refractivity contribution in [2.75, 3.05) is 0 Å². The summed E-state index contributed by atoms with van der Waals surface area (Å²) in [5.41, 5.74) is 6.67. The third-order valence-electron chi connectivity index (χ3n) is 10.2. The summed E-state index contributed by atoms with van der Waals surface area (Å²) in [5.74, 6) is 0. The average molecular weight is 671 g/mol. The molecule has 0 radical (unpaired) electrons. The van der Waals surface area contributed by atoms with E-state index in [9.17, 15) is 10.5 Å². The maximum atomic E-state index is 10.9. The van der Waals surface area contributed by atoms with Crippen LogP contribution in [0.4, 0.5) is 0 Å². The first-order valence-corrected chi connectivity index (χ1v) is 18.0. The summed E-state index contributed by atoms with van der Waals surface area (Å²) in [6.45, 7) is 0. The highest BCUT2D eigenvalue weighted by Crippen LogP contribution is 2.47. The average Bonchev–Trinajstić information content (AvgIpc) is 3.92. The first kappa shape index (κ1) is 27.5. The van der Waals surface area contributed by atoms with Gasteiger partial charge < -0.3 is 9.13 Å². The number of hydrogen-bond acceptors (Lipinski definition) is 4. The molecule has 11 aromatic rings. The summed E-state index contributed by atoms with van der Waals surface area (Å²) in [6.07, 6.45) is 0. The van der Waals surface area contributed by atoms with E-state index in [1.807, 2.05) is 6.07 Å². The number of thiophene rings is 2. The number of nitriles is 2. The fraction of sp³-hybridized carbons (Fsp3) is 0. The lowest BCUT2D eigenvalue weighted by molar-refractivity contribution is 1.09. The van der Waals surface area contributed by atoms with Crippen LogP contribution in [-0.2, 0) is 0 Å². The third-order valence-corrected chi connectivity index (χ3v) is 12.5. The number of hydrogen-bond donors (Lipinski definition) is 0. The van der Waals surface area contributed by atoms with Gasteiger partial charge in [0.15, 0.2) is 0 Å². The number of rotatable bonds is 2. The van der Waals surface area contributed by atoms with E-state index in [-0.39, 0.29) is 0 Å². The lowest BCUT2D eigenvalue weighted by Gasteiger charge is -2.19. The molecule has 0 aliphatic rings. The van der Waals surface area contributed by atoms with Crippen LogP contribution in [0.25, 0.3) is 95.3 Å². The van der Waals surface area contributed by atoms with Crippen LogP contribution >= 0.6 is 22.7 Å². The van der Waals surface area contributed by atoms with Crippen LogP contribution < -0.4 is 0 Å². The normalized spacial score (nSPS) is 12.0. The van der Waals surface area contributed by atoms with E-state index < -0.39 is 0 Å². The molecule has 7 aromatic carbocycles. The molecule has 11 rings (SSSR count). The van der Waals surface area contributed by atoms with Gasteiger partial charge in [-0.25, -0.2) is 0 Å². The van der Waals surface area contributed by atoms with Crippen LogP contribution in [0, 0.1) is 22.7 Å². The van der Waals surface area contributed by atoms with Crippen molar-refractivity contribution in [1.29, 1.82) is 10.5 Å². The summed E-state index contributed by atoms with van der Waals surface area (Å²) >= 11 is 3.58. The zero-order valence-electron chi connectivity index (χ0n) is 26.3. The standard InChI is InChI=1S/C44H22N4S2/c45-23-25-21-26(24-46)40(48-36-14-6-2-10-28(36)32-18-20-34-30-12-4-8-16-39(30)50-44(34)42(32)48)37(22-25)47-35-13-5-1-9-27(35)31-17-19-33-29-11-3-7-15-38(29)49-43(33)41(31)47/h1-22H. The van der Waals surface area contributed by atoms with E-state index in [1.54, 1.807) is 28.7 Å². The van der Waals surface area contributed by atoms with E-state index in [1.165, 1.54) is 40.3 Å². The molecule has 0 unspecified atom stereocenters. The van der Waals surface area contributed by atoms with Crippen LogP contribution in [0.1, 0.15) is 11.1 Å². The van der Waals surface area contributed by atoms with Crippen LogP contribution in [0.5, 0.6) is 0 Å². The smallest absolute Gasteiger partial charge is 0.101 e. The predicted molar refractivity (Wildman–Crippen MR) is 210 cm³/mol. The molecule has 230 valence electrons. The fourth-order valence-corrected chi connectivity index (χ4v) is 10.6. The first-order chi connectivity index (χ1) is 24.7. The van der Waals surface area contributed by atoms with Crippen LogP contribution in [0.15, 0.2) is 133 Å². The molecule has 0 aliphatic heterocycles. The lowest BCUT2D eigenvalue weighted by atomic mass is 10.1. The van der Waals surface area contributed by atoms with Crippen molar-refractivity contribution in [2.45, 2.75) is 0 Å². The Labute approximate surface area is 293 Å². The van der Waals surface area contributed by atoms with Gasteiger partial charge in [0.05, 0.1) is 60.0 Å². The van der Waals surface area contributed by atoms with E-state index in [4.69, 9.17) is 0 Å². The molecular formula is C44H22N4S2. The van der Waals surface area contributed by atoms with Crippen molar-refractivity contribution >= 4 is 107 Å². The van der Waals surface area contributed by atoms with E-state index in [0.717, 1.165) is 55.0 Å². The zero-order chi connectivity index (χ0) is 33.1. The molecule has 0 atom stereocenters. The monoisotopic (exact) mass is 670 g/mol. The maximum absolute atomic E-state index is 10.9. The third kappa shape index (κ3) is 3.51. The molecule has 0 bridgehead atoms. The van der Waals surface area contributed by atoms with Gasteiger partial charge in [-0.3, -0.25) is 0 Å². The largest absolute Gasteiger partial charge is 0.306 e. The first-order valence-electron chi connectivity index (χ1n) is 16.4. The summed E-state index contributed by atoms with van der Waals surface area (Å²) in [7, 11) is 0. The van der Waals surface area contributed by atoms with Gasteiger partial charge in [-0.2, -0.15) is 10.5 Å². The number of benzene rings is 7. The Kier molecular flexibility index (Phi) is 5.52. The summed E-state index contributed by atoms with van der Waals surface area (Å²) < 4.78 is 9.41.